The minimum absolute atomic E-state index is 0. The van der Waals surface area contributed by atoms with Crippen LogP contribution in [0.25, 0.3) is 0 Å². The predicted molar refractivity (Wildman–Crippen MR) is 126 cm³/mol. The molecule has 0 aliphatic carbocycles. The fourth-order valence-corrected chi connectivity index (χ4v) is 4.58. The Hall–Kier alpha value is -0.390. The average Bonchev–Trinajstić information content (AvgIpc) is 2.60. The van der Waals surface area contributed by atoms with E-state index in [0.29, 0.717) is 25.6 Å². The second-order valence-electron chi connectivity index (χ2n) is 6.71. The van der Waals surface area contributed by atoms with Crippen molar-refractivity contribution in [3.8, 4) is 0 Å². The molecule has 1 saturated heterocycles. The van der Waals surface area contributed by atoms with Gasteiger partial charge in [0.1, 0.15) is 0 Å². The fourth-order valence-electron chi connectivity index (χ4n) is 3.07. The van der Waals surface area contributed by atoms with Gasteiger partial charge in [0.15, 0.2) is 5.96 Å². The molecular weight excluding hydrogens is 543 g/mol. The van der Waals surface area contributed by atoms with E-state index in [1.165, 1.54) is 11.8 Å². The number of aliphatic imine (C=N–C) groups is 1. The number of halogens is 2. The summed E-state index contributed by atoms with van der Waals surface area (Å²) in [5.41, 5.74) is 1.18. The van der Waals surface area contributed by atoms with Crippen molar-refractivity contribution < 1.29 is 8.42 Å². The van der Waals surface area contributed by atoms with Crippen molar-refractivity contribution in [2.75, 3.05) is 32.4 Å². The van der Waals surface area contributed by atoms with E-state index in [2.05, 4.69) is 39.6 Å². The van der Waals surface area contributed by atoms with E-state index in [-0.39, 0.29) is 30.0 Å². The lowest BCUT2D eigenvalue weighted by Crippen LogP contribution is -2.40. The SMILES string of the molecule is CCNC(=NCC1CCN(S(C)(=O)=O)CC1)NC(C)c1ccccc1Br.I. The molecule has 154 valence electrons. The maximum Gasteiger partial charge on any atom is 0.211 e. The highest BCUT2D eigenvalue weighted by Gasteiger charge is 2.24. The van der Waals surface area contributed by atoms with Gasteiger partial charge in [0, 0.05) is 30.7 Å². The van der Waals surface area contributed by atoms with Gasteiger partial charge in [-0.25, -0.2) is 12.7 Å². The Kier molecular flexibility index (Phi) is 10.6. The molecule has 9 heteroatoms. The van der Waals surface area contributed by atoms with Crippen LogP contribution in [0, 0.1) is 5.92 Å². The van der Waals surface area contributed by atoms with Gasteiger partial charge in [-0.2, -0.15) is 0 Å². The van der Waals surface area contributed by atoms with E-state index < -0.39 is 10.0 Å². The third-order valence-electron chi connectivity index (χ3n) is 4.62. The zero-order chi connectivity index (χ0) is 19.2. The van der Waals surface area contributed by atoms with Crippen LogP contribution in [0.3, 0.4) is 0 Å². The van der Waals surface area contributed by atoms with Crippen LogP contribution in [-0.2, 0) is 10.0 Å². The summed E-state index contributed by atoms with van der Waals surface area (Å²) in [5, 5.41) is 6.74. The van der Waals surface area contributed by atoms with E-state index in [1.54, 1.807) is 4.31 Å². The van der Waals surface area contributed by atoms with Crippen LogP contribution in [0.4, 0.5) is 0 Å². The van der Waals surface area contributed by atoms with Gasteiger partial charge in [-0.15, -0.1) is 24.0 Å². The molecule has 0 spiro atoms. The lowest BCUT2D eigenvalue weighted by Gasteiger charge is -2.29. The van der Waals surface area contributed by atoms with Crippen LogP contribution >= 0.6 is 39.9 Å². The van der Waals surface area contributed by atoms with E-state index in [0.717, 1.165) is 29.8 Å². The summed E-state index contributed by atoms with van der Waals surface area (Å²) in [6, 6.07) is 8.27. The second kappa shape index (κ2) is 11.6. The number of benzene rings is 1. The van der Waals surface area contributed by atoms with Crippen molar-refractivity contribution in [3.63, 3.8) is 0 Å². The molecule has 1 atom stereocenters. The molecule has 1 unspecified atom stereocenters. The number of hydrogen-bond donors (Lipinski definition) is 2. The normalized spacial score (nSPS) is 17.9. The highest BCUT2D eigenvalue weighted by molar-refractivity contribution is 14.0. The first-order valence-electron chi connectivity index (χ1n) is 9.05. The van der Waals surface area contributed by atoms with E-state index >= 15 is 0 Å². The summed E-state index contributed by atoms with van der Waals surface area (Å²) >= 11 is 3.59. The molecule has 0 saturated carbocycles. The van der Waals surface area contributed by atoms with Crippen molar-refractivity contribution in [1.29, 1.82) is 0 Å². The molecule has 1 aromatic rings. The summed E-state index contributed by atoms with van der Waals surface area (Å²) in [6.45, 7) is 6.84. The Bertz CT molecular complexity index is 722. The number of nitrogens with zero attached hydrogens (tertiary/aromatic N) is 2. The number of sulfonamides is 1. The molecule has 1 aliphatic rings. The van der Waals surface area contributed by atoms with Gasteiger partial charge < -0.3 is 10.6 Å². The van der Waals surface area contributed by atoms with Gasteiger partial charge >= 0.3 is 0 Å². The maximum atomic E-state index is 11.6. The van der Waals surface area contributed by atoms with Gasteiger partial charge in [0.05, 0.1) is 12.3 Å². The van der Waals surface area contributed by atoms with Gasteiger partial charge in [0.25, 0.3) is 0 Å². The molecule has 0 radical (unpaired) electrons. The van der Waals surface area contributed by atoms with Crippen LogP contribution in [0.5, 0.6) is 0 Å². The number of hydrogen-bond acceptors (Lipinski definition) is 3. The summed E-state index contributed by atoms with van der Waals surface area (Å²) in [5.74, 6) is 1.21. The third-order valence-corrected chi connectivity index (χ3v) is 6.64. The molecule has 0 bridgehead atoms. The highest BCUT2D eigenvalue weighted by Crippen LogP contribution is 2.23. The monoisotopic (exact) mass is 572 g/mol. The average molecular weight is 573 g/mol. The standard InChI is InChI=1S/C18H29BrN4O2S.HI/c1-4-20-18(22-14(2)16-7-5-6-8-17(16)19)21-13-15-9-11-23(12-10-15)26(3,24)25;/h5-8,14-15H,4,9-13H2,1-3H3,(H2,20,21,22);1H. The van der Waals surface area contributed by atoms with Crippen molar-refractivity contribution in [2.45, 2.75) is 32.7 Å². The summed E-state index contributed by atoms with van der Waals surface area (Å²) < 4.78 is 25.8. The first-order chi connectivity index (χ1) is 12.3. The van der Waals surface area contributed by atoms with Crippen LogP contribution in [-0.4, -0.2) is 51.1 Å². The largest absolute Gasteiger partial charge is 0.357 e. The predicted octanol–water partition coefficient (Wildman–Crippen LogP) is 3.35. The number of rotatable bonds is 6. The van der Waals surface area contributed by atoms with Crippen LogP contribution in [0.15, 0.2) is 33.7 Å². The lowest BCUT2D eigenvalue weighted by molar-refractivity contribution is 0.280. The highest BCUT2D eigenvalue weighted by atomic mass is 127. The van der Waals surface area contributed by atoms with Gasteiger partial charge in [-0.3, -0.25) is 4.99 Å². The summed E-state index contributed by atoms with van der Waals surface area (Å²) in [6.07, 6.45) is 2.99. The van der Waals surface area contributed by atoms with Gasteiger partial charge in [0.2, 0.25) is 10.0 Å². The molecule has 1 fully saturated rings. The number of piperidine rings is 1. The molecule has 0 amide bonds. The van der Waals surface area contributed by atoms with Crippen LogP contribution < -0.4 is 10.6 Å². The summed E-state index contributed by atoms with van der Waals surface area (Å²) in [4.78, 5) is 4.73. The molecule has 1 heterocycles. The van der Waals surface area contributed by atoms with Crippen molar-refractivity contribution in [3.05, 3.63) is 34.3 Å². The number of guanidine groups is 1. The third kappa shape index (κ3) is 7.86. The topological polar surface area (TPSA) is 73.8 Å². The Morgan fingerprint density at radius 3 is 2.52 bits per heavy atom. The Labute approximate surface area is 188 Å². The molecular formula is C18H30BrIN4O2S. The second-order valence-corrected chi connectivity index (χ2v) is 9.55. The molecule has 6 nitrogen and oxygen atoms in total. The van der Waals surface area contributed by atoms with Gasteiger partial charge in [-0.05, 0) is 44.2 Å². The van der Waals surface area contributed by atoms with Crippen LogP contribution in [0.1, 0.15) is 38.3 Å². The smallest absolute Gasteiger partial charge is 0.211 e. The number of nitrogens with one attached hydrogen (secondary N) is 2. The lowest BCUT2D eigenvalue weighted by atomic mass is 9.98. The van der Waals surface area contributed by atoms with E-state index in [1.807, 2.05) is 25.1 Å². The zero-order valence-corrected chi connectivity index (χ0v) is 20.8. The van der Waals surface area contributed by atoms with Crippen LogP contribution in [0.2, 0.25) is 0 Å². The zero-order valence-electron chi connectivity index (χ0n) is 16.1. The van der Waals surface area contributed by atoms with E-state index in [4.69, 9.17) is 4.99 Å². The molecule has 2 N–H and O–H groups in total. The molecule has 0 aromatic heterocycles. The molecule has 2 rings (SSSR count). The first kappa shape index (κ1) is 24.6. The quantitative estimate of drug-likeness (QED) is 0.311. The Balaban J connectivity index is 0.00000364. The van der Waals surface area contributed by atoms with E-state index in [9.17, 15) is 8.42 Å². The Morgan fingerprint density at radius 2 is 1.96 bits per heavy atom. The molecule has 1 aromatic carbocycles. The Morgan fingerprint density at radius 1 is 1.33 bits per heavy atom. The van der Waals surface area contributed by atoms with Crippen molar-refractivity contribution in [2.24, 2.45) is 10.9 Å². The first-order valence-corrected chi connectivity index (χ1v) is 11.7. The molecule has 27 heavy (non-hydrogen) atoms. The maximum absolute atomic E-state index is 11.6. The molecule has 1 aliphatic heterocycles. The van der Waals surface area contributed by atoms with Gasteiger partial charge in [-0.1, -0.05) is 34.1 Å². The van der Waals surface area contributed by atoms with Crippen molar-refractivity contribution >= 4 is 55.9 Å². The fraction of sp³-hybridized carbons (Fsp3) is 0.611. The minimum Gasteiger partial charge on any atom is -0.357 e. The van der Waals surface area contributed by atoms with Crippen molar-refractivity contribution in [1.82, 2.24) is 14.9 Å². The summed E-state index contributed by atoms with van der Waals surface area (Å²) in [7, 11) is -3.07. The minimum atomic E-state index is -3.07.